The molecule has 0 saturated carbocycles. The van der Waals surface area contributed by atoms with Gasteiger partial charge in [-0.3, -0.25) is 14.6 Å². The molecular formula is C9H9NO2. The molecule has 0 atom stereocenters. The third kappa shape index (κ3) is 2.27. The molecule has 0 aromatic carbocycles. The van der Waals surface area contributed by atoms with E-state index < -0.39 is 5.78 Å². The van der Waals surface area contributed by atoms with Gasteiger partial charge in [-0.25, -0.2) is 0 Å². The molecule has 0 bridgehead atoms. The van der Waals surface area contributed by atoms with Crippen LogP contribution in [0.5, 0.6) is 0 Å². The topological polar surface area (TPSA) is 47.0 Å². The van der Waals surface area contributed by atoms with Gasteiger partial charge in [-0.15, -0.1) is 0 Å². The Hall–Kier alpha value is -1.51. The number of nitrogens with zero attached hydrogens (tertiary/aromatic N) is 1. The zero-order chi connectivity index (χ0) is 8.97. The lowest BCUT2D eigenvalue weighted by molar-refractivity contribution is -0.134. The van der Waals surface area contributed by atoms with Crippen LogP contribution in [0, 0.1) is 0 Å². The van der Waals surface area contributed by atoms with Crippen LogP contribution < -0.4 is 0 Å². The van der Waals surface area contributed by atoms with E-state index in [0.29, 0.717) is 0 Å². The lowest BCUT2D eigenvalue weighted by Crippen LogP contribution is -2.12. The summed E-state index contributed by atoms with van der Waals surface area (Å²) in [5, 5.41) is 0. The lowest BCUT2D eigenvalue weighted by atomic mass is 10.1. The van der Waals surface area contributed by atoms with Crippen LogP contribution in [0.1, 0.15) is 12.5 Å². The van der Waals surface area contributed by atoms with Gasteiger partial charge >= 0.3 is 0 Å². The molecule has 0 amide bonds. The summed E-state index contributed by atoms with van der Waals surface area (Å²) in [6.07, 6.45) is 3.37. The first-order chi connectivity index (χ1) is 5.70. The first kappa shape index (κ1) is 8.59. The van der Waals surface area contributed by atoms with Crippen molar-refractivity contribution in [3.63, 3.8) is 0 Å². The van der Waals surface area contributed by atoms with Crippen LogP contribution in [0.2, 0.25) is 0 Å². The molecule has 0 radical (unpaired) electrons. The number of pyridine rings is 1. The summed E-state index contributed by atoms with van der Waals surface area (Å²) in [7, 11) is 0. The summed E-state index contributed by atoms with van der Waals surface area (Å²) in [5.74, 6) is -0.776. The number of ketones is 2. The maximum absolute atomic E-state index is 10.9. The van der Waals surface area contributed by atoms with E-state index in [-0.39, 0.29) is 12.2 Å². The van der Waals surface area contributed by atoms with Gasteiger partial charge in [0.05, 0.1) is 0 Å². The average Bonchev–Trinajstić information content (AvgIpc) is 2.06. The van der Waals surface area contributed by atoms with Gasteiger partial charge in [0.15, 0.2) is 5.78 Å². The molecule has 3 nitrogen and oxygen atoms in total. The molecule has 0 aliphatic heterocycles. The molecule has 0 N–H and O–H groups in total. The average molecular weight is 163 g/mol. The number of hydrogen-bond donors (Lipinski definition) is 0. The zero-order valence-corrected chi connectivity index (χ0v) is 6.78. The first-order valence-electron chi connectivity index (χ1n) is 3.63. The second-order valence-corrected chi connectivity index (χ2v) is 2.52. The van der Waals surface area contributed by atoms with Crippen molar-refractivity contribution >= 4 is 11.6 Å². The maximum Gasteiger partial charge on any atom is 0.202 e. The molecule has 3 heteroatoms. The molecule has 62 valence electrons. The summed E-state index contributed by atoms with van der Waals surface area (Å²) in [5.41, 5.74) is 0.776. The Bertz CT molecular complexity index is 293. The van der Waals surface area contributed by atoms with Crippen molar-refractivity contribution in [2.45, 2.75) is 13.3 Å². The van der Waals surface area contributed by atoms with Gasteiger partial charge in [0, 0.05) is 25.7 Å². The van der Waals surface area contributed by atoms with E-state index >= 15 is 0 Å². The number of aromatic nitrogens is 1. The fourth-order valence-corrected chi connectivity index (χ4v) is 0.813. The molecule has 0 aliphatic rings. The SMILES string of the molecule is CC(=O)C(=O)Cc1cccnc1. The van der Waals surface area contributed by atoms with Crippen molar-refractivity contribution in [1.82, 2.24) is 4.98 Å². The van der Waals surface area contributed by atoms with Crippen LogP contribution in [0.25, 0.3) is 0 Å². The van der Waals surface area contributed by atoms with Gasteiger partial charge in [0.2, 0.25) is 5.78 Å². The van der Waals surface area contributed by atoms with Gasteiger partial charge in [0.1, 0.15) is 0 Å². The van der Waals surface area contributed by atoms with E-state index in [1.807, 2.05) is 0 Å². The standard InChI is InChI=1S/C9H9NO2/c1-7(11)9(12)5-8-3-2-4-10-6-8/h2-4,6H,5H2,1H3. The molecule has 12 heavy (non-hydrogen) atoms. The van der Waals surface area contributed by atoms with E-state index in [1.165, 1.54) is 6.92 Å². The Morgan fingerprint density at radius 1 is 1.50 bits per heavy atom. The molecular weight excluding hydrogens is 154 g/mol. The number of carbonyl (C=O) groups is 2. The summed E-state index contributed by atoms with van der Waals surface area (Å²) in [4.78, 5) is 25.3. The highest BCUT2D eigenvalue weighted by atomic mass is 16.2. The third-order valence-electron chi connectivity index (χ3n) is 1.48. The maximum atomic E-state index is 10.9. The summed E-state index contributed by atoms with van der Waals surface area (Å²) in [6.45, 7) is 1.28. The van der Waals surface area contributed by atoms with Gasteiger partial charge in [0.25, 0.3) is 0 Å². The van der Waals surface area contributed by atoms with Crippen LogP contribution in [0.15, 0.2) is 24.5 Å². The molecule has 0 aliphatic carbocycles. The van der Waals surface area contributed by atoms with Crippen molar-refractivity contribution in [1.29, 1.82) is 0 Å². The van der Waals surface area contributed by atoms with Crippen molar-refractivity contribution in [3.8, 4) is 0 Å². The smallest absolute Gasteiger partial charge is 0.202 e. The molecule has 0 fully saturated rings. The molecule has 1 aromatic heterocycles. The minimum Gasteiger partial charge on any atom is -0.291 e. The fourth-order valence-electron chi connectivity index (χ4n) is 0.813. The lowest BCUT2D eigenvalue weighted by Gasteiger charge is -1.95. The van der Waals surface area contributed by atoms with Gasteiger partial charge in [-0.2, -0.15) is 0 Å². The van der Waals surface area contributed by atoms with Crippen LogP contribution in [-0.2, 0) is 16.0 Å². The highest BCUT2D eigenvalue weighted by Gasteiger charge is 2.07. The highest BCUT2D eigenvalue weighted by Crippen LogP contribution is 1.97. The predicted molar refractivity (Wildman–Crippen MR) is 43.6 cm³/mol. The summed E-state index contributed by atoms with van der Waals surface area (Å²) >= 11 is 0. The minimum atomic E-state index is -0.404. The predicted octanol–water partition coefficient (Wildman–Crippen LogP) is 0.782. The van der Waals surface area contributed by atoms with Crippen LogP contribution in [-0.4, -0.2) is 16.6 Å². The largest absolute Gasteiger partial charge is 0.291 e. The Kier molecular flexibility index (Phi) is 2.69. The molecule has 0 unspecified atom stereocenters. The van der Waals surface area contributed by atoms with Crippen LogP contribution in [0.4, 0.5) is 0 Å². The minimum absolute atomic E-state index is 0.156. The monoisotopic (exact) mass is 163 g/mol. The Balaban J connectivity index is 2.65. The van der Waals surface area contributed by atoms with Gasteiger partial charge in [-0.05, 0) is 11.6 Å². The third-order valence-corrected chi connectivity index (χ3v) is 1.48. The zero-order valence-electron chi connectivity index (χ0n) is 6.78. The van der Waals surface area contributed by atoms with Crippen molar-refractivity contribution in [2.75, 3.05) is 0 Å². The molecule has 0 spiro atoms. The normalized spacial score (nSPS) is 9.42. The molecule has 1 aromatic rings. The van der Waals surface area contributed by atoms with Crippen molar-refractivity contribution in [3.05, 3.63) is 30.1 Å². The summed E-state index contributed by atoms with van der Waals surface area (Å²) in [6, 6.07) is 3.51. The highest BCUT2D eigenvalue weighted by molar-refractivity contribution is 6.36. The molecule has 1 rings (SSSR count). The van der Waals surface area contributed by atoms with Crippen LogP contribution >= 0.6 is 0 Å². The number of Topliss-reactive ketones (excluding diaryl/α,β-unsaturated/α-hetero) is 2. The molecule has 0 saturated heterocycles. The van der Waals surface area contributed by atoms with Gasteiger partial charge < -0.3 is 0 Å². The quantitative estimate of drug-likeness (QED) is 0.618. The second kappa shape index (κ2) is 3.76. The number of carbonyl (C=O) groups excluding carboxylic acids is 2. The first-order valence-corrected chi connectivity index (χ1v) is 3.63. The molecule has 1 heterocycles. The Morgan fingerprint density at radius 3 is 2.75 bits per heavy atom. The Morgan fingerprint density at radius 2 is 2.25 bits per heavy atom. The van der Waals surface area contributed by atoms with Crippen LogP contribution in [0.3, 0.4) is 0 Å². The van der Waals surface area contributed by atoms with Gasteiger partial charge in [-0.1, -0.05) is 6.07 Å². The fraction of sp³-hybridized carbons (Fsp3) is 0.222. The number of rotatable bonds is 3. The van der Waals surface area contributed by atoms with E-state index in [4.69, 9.17) is 0 Å². The Labute approximate surface area is 70.4 Å². The van der Waals surface area contributed by atoms with E-state index in [0.717, 1.165) is 5.56 Å². The number of hydrogen-bond acceptors (Lipinski definition) is 3. The summed E-state index contributed by atoms with van der Waals surface area (Å²) < 4.78 is 0. The van der Waals surface area contributed by atoms with Crippen molar-refractivity contribution < 1.29 is 9.59 Å². The second-order valence-electron chi connectivity index (χ2n) is 2.52. The van der Waals surface area contributed by atoms with E-state index in [2.05, 4.69) is 4.98 Å². The van der Waals surface area contributed by atoms with Crippen molar-refractivity contribution in [2.24, 2.45) is 0 Å². The van der Waals surface area contributed by atoms with E-state index in [1.54, 1.807) is 24.5 Å². The van der Waals surface area contributed by atoms with E-state index in [9.17, 15) is 9.59 Å².